The number of anilines is 2. The summed E-state index contributed by atoms with van der Waals surface area (Å²) in [4.78, 5) is 22.7. The van der Waals surface area contributed by atoms with Crippen molar-refractivity contribution in [2.24, 2.45) is 0 Å². The van der Waals surface area contributed by atoms with Gasteiger partial charge in [0.25, 0.3) is 0 Å². The van der Waals surface area contributed by atoms with E-state index in [9.17, 15) is 9.59 Å². The average Bonchev–Trinajstić information content (AvgIpc) is 3.12. The first-order valence-corrected chi connectivity index (χ1v) is 6.11. The van der Waals surface area contributed by atoms with E-state index in [0.717, 1.165) is 12.8 Å². The molecule has 3 N–H and O–H groups in total. The maximum absolute atomic E-state index is 11.7. The molecule has 19 heavy (non-hydrogen) atoms. The minimum Gasteiger partial charge on any atom is -0.495 e. The minimum absolute atomic E-state index is 0.168. The Kier molecular flexibility index (Phi) is 3.89. The van der Waals surface area contributed by atoms with E-state index in [4.69, 9.17) is 4.74 Å². The van der Waals surface area contributed by atoms with Crippen molar-refractivity contribution in [3.8, 4) is 5.75 Å². The molecule has 0 unspecified atom stereocenters. The van der Waals surface area contributed by atoms with Crippen LogP contribution in [0.15, 0.2) is 18.2 Å². The van der Waals surface area contributed by atoms with Crippen LogP contribution >= 0.6 is 0 Å². The molecule has 1 aliphatic rings. The Morgan fingerprint density at radius 1 is 1.26 bits per heavy atom. The number of hydrogen-bond acceptors (Lipinski definition) is 3. The summed E-state index contributed by atoms with van der Waals surface area (Å²) in [6.07, 6.45) is 2.05. The molecule has 6 nitrogen and oxygen atoms in total. The largest absolute Gasteiger partial charge is 0.495 e. The van der Waals surface area contributed by atoms with Crippen molar-refractivity contribution in [2.45, 2.75) is 25.8 Å². The predicted molar refractivity (Wildman–Crippen MR) is 72.5 cm³/mol. The third-order valence-electron chi connectivity index (χ3n) is 2.68. The molecule has 102 valence electrons. The van der Waals surface area contributed by atoms with Crippen molar-refractivity contribution < 1.29 is 14.3 Å². The minimum atomic E-state index is -0.263. The van der Waals surface area contributed by atoms with E-state index < -0.39 is 0 Å². The monoisotopic (exact) mass is 263 g/mol. The summed E-state index contributed by atoms with van der Waals surface area (Å²) in [5.41, 5.74) is 1.13. The van der Waals surface area contributed by atoms with Crippen LogP contribution in [0.25, 0.3) is 0 Å². The van der Waals surface area contributed by atoms with Crippen LogP contribution in [0.4, 0.5) is 16.2 Å². The van der Waals surface area contributed by atoms with Gasteiger partial charge in [-0.3, -0.25) is 4.79 Å². The number of nitrogens with one attached hydrogen (secondary N) is 3. The highest BCUT2D eigenvalue weighted by atomic mass is 16.5. The Balaban J connectivity index is 2.10. The highest BCUT2D eigenvalue weighted by molar-refractivity contribution is 5.94. The molecule has 1 aromatic carbocycles. The molecular weight excluding hydrogens is 246 g/mol. The second-order valence-corrected chi connectivity index (χ2v) is 4.47. The zero-order chi connectivity index (χ0) is 13.8. The van der Waals surface area contributed by atoms with Gasteiger partial charge in [0.1, 0.15) is 5.75 Å². The van der Waals surface area contributed by atoms with E-state index in [0.29, 0.717) is 17.1 Å². The molecule has 0 atom stereocenters. The lowest BCUT2D eigenvalue weighted by Gasteiger charge is -2.12. The second-order valence-electron chi connectivity index (χ2n) is 4.47. The topological polar surface area (TPSA) is 79.5 Å². The Morgan fingerprint density at radius 2 is 2.00 bits per heavy atom. The number of ether oxygens (including phenoxy) is 1. The van der Waals surface area contributed by atoms with E-state index >= 15 is 0 Å². The van der Waals surface area contributed by atoms with Crippen LogP contribution in [-0.4, -0.2) is 25.1 Å². The van der Waals surface area contributed by atoms with Crippen LogP contribution in [0, 0.1) is 0 Å². The normalized spacial score (nSPS) is 13.6. The molecule has 0 spiro atoms. The van der Waals surface area contributed by atoms with Crippen molar-refractivity contribution >= 4 is 23.3 Å². The highest BCUT2D eigenvalue weighted by Gasteiger charge is 2.23. The van der Waals surface area contributed by atoms with E-state index in [1.54, 1.807) is 18.2 Å². The zero-order valence-corrected chi connectivity index (χ0v) is 10.9. The number of hydrogen-bond donors (Lipinski definition) is 3. The molecule has 3 amide bonds. The fourth-order valence-corrected chi connectivity index (χ4v) is 1.66. The first-order valence-electron chi connectivity index (χ1n) is 6.11. The third kappa shape index (κ3) is 3.87. The lowest BCUT2D eigenvalue weighted by molar-refractivity contribution is -0.114. The molecule has 1 saturated carbocycles. The smallest absolute Gasteiger partial charge is 0.319 e. The summed E-state index contributed by atoms with van der Waals surface area (Å²) in [6.45, 7) is 1.43. The highest BCUT2D eigenvalue weighted by Crippen LogP contribution is 2.28. The van der Waals surface area contributed by atoms with Crippen molar-refractivity contribution in [1.29, 1.82) is 0 Å². The Bertz CT molecular complexity index is 498. The van der Waals surface area contributed by atoms with Crippen LogP contribution in [0.2, 0.25) is 0 Å². The Hall–Kier alpha value is -2.24. The Labute approximate surface area is 111 Å². The van der Waals surface area contributed by atoms with Gasteiger partial charge in [0.2, 0.25) is 5.91 Å². The van der Waals surface area contributed by atoms with Gasteiger partial charge in [-0.15, -0.1) is 0 Å². The van der Waals surface area contributed by atoms with Gasteiger partial charge in [0, 0.05) is 18.7 Å². The summed E-state index contributed by atoms with van der Waals surface area (Å²) in [5, 5.41) is 8.20. The van der Waals surface area contributed by atoms with Gasteiger partial charge in [-0.2, -0.15) is 0 Å². The van der Waals surface area contributed by atoms with Crippen molar-refractivity contribution in [2.75, 3.05) is 17.7 Å². The first kappa shape index (κ1) is 13.2. The summed E-state index contributed by atoms with van der Waals surface area (Å²) < 4.78 is 5.17. The van der Waals surface area contributed by atoms with Gasteiger partial charge in [-0.05, 0) is 31.0 Å². The van der Waals surface area contributed by atoms with Crippen molar-refractivity contribution in [3.63, 3.8) is 0 Å². The molecule has 0 radical (unpaired) electrons. The first-order chi connectivity index (χ1) is 9.08. The number of rotatable bonds is 4. The van der Waals surface area contributed by atoms with Gasteiger partial charge in [0.05, 0.1) is 12.8 Å². The average molecular weight is 263 g/mol. The fraction of sp³-hybridized carbons (Fsp3) is 0.385. The SMILES string of the molecule is COc1ccc(NC(C)=O)cc1NC(=O)NC1CC1. The molecule has 0 bridgehead atoms. The molecular formula is C13H17N3O3. The summed E-state index contributed by atoms with van der Waals surface area (Å²) >= 11 is 0. The predicted octanol–water partition coefficient (Wildman–Crippen LogP) is 1.94. The quantitative estimate of drug-likeness (QED) is 0.776. The van der Waals surface area contributed by atoms with E-state index in [-0.39, 0.29) is 18.0 Å². The van der Waals surface area contributed by atoms with E-state index in [2.05, 4.69) is 16.0 Å². The number of urea groups is 1. The zero-order valence-electron chi connectivity index (χ0n) is 10.9. The van der Waals surface area contributed by atoms with Crippen LogP contribution in [-0.2, 0) is 4.79 Å². The standard InChI is InChI=1S/C13H17N3O3/c1-8(17)14-10-5-6-12(19-2)11(7-10)16-13(18)15-9-3-4-9/h5-7,9H,3-4H2,1-2H3,(H,14,17)(H2,15,16,18). The van der Waals surface area contributed by atoms with Crippen LogP contribution in [0.1, 0.15) is 19.8 Å². The molecule has 0 aromatic heterocycles. The van der Waals surface area contributed by atoms with Gasteiger partial charge in [0.15, 0.2) is 0 Å². The fourth-order valence-electron chi connectivity index (χ4n) is 1.66. The molecule has 2 rings (SSSR count). The maximum atomic E-state index is 11.7. The molecule has 0 saturated heterocycles. The maximum Gasteiger partial charge on any atom is 0.319 e. The van der Waals surface area contributed by atoms with Crippen LogP contribution < -0.4 is 20.7 Å². The third-order valence-corrected chi connectivity index (χ3v) is 2.68. The molecule has 1 fully saturated rings. The number of benzene rings is 1. The van der Waals surface area contributed by atoms with E-state index in [1.807, 2.05) is 0 Å². The van der Waals surface area contributed by atoms with Crippen molar-refractivity contribution in [1.82, 2.24) is 5.32 Å². The Morgan fingerprint density at radius 3 is 2.58 bits per heavy atom. The number of amides is 3. The van der Waals surface area contributed by atoms with Gasteiger partial charge >= 0.3 is 6.03 Å². The van der Waals surface area contributed by atoms with E-state index in [1.165, 1.54) is 14.0 Å². The molecule has 0 heterocycles. The summed E-state index contributed by atoms with van der Waals surface area (Å²) in [6, 6.07) is 5.08. The second kappa shape index (κ2) is 5.60. The molecule has 0 aliphatic heterocycles. The molecule has 1 aromatic rings. The lowest BCUT2D eigenvalue weighted by atomic mass is 10.2. The van der Waals surface area contributed by atoms with Gasteiger partial charge in [-0.25, -0.2) is 4.79 Å². The van der Waals surface area contributed by atoms with Crippen LogP contribution in [0.5, 0.6) is 5.75 Å². The van der Waals surface area contributed by atoms with Crippen molar-refractivity contribution in [3.05, 3.63) is 18.2 Å². The van der Waals surface area contributed by atoms with Crippen LogP contribution in [0.3, 0.4) is 0 Å². The number of carbonyl (C=O) groups is 2. The van der Waals surface area contributed by atoms with Gasteiger partial charge in [-0.1, -0.05) is 0 Å². The lowest BCUT2D eigenvalue weighted by Crippen LogP contribution is -2.30. The number of carbonyl (C=O) groups excluding carboxylic acids is 2. The molecule has 1 aliphatic carbocycles. The molecule has 6 heteroatoms. The summed E-state index contributed by atoms with van der Waals surface area (Å²) in [5.74, 6) is 0.374. The number of methoxy groups -OCH3 is 1. The summed E-state index contributed by atoms with van der Waals surface area (Å²) in [7, 11) is 1.53. The van der Waals surface area contributed by atoms with Gasteiger partial charge < -0.3 is 20.7 Å².